The predicted molar refractivity (Wildman–Crippen MR) is 86.0 cm³/mol. The van der Waals surface area contributed by atoms with Gasteiger partial charge in [0, 0.05) is 36.4 Å². The molecule has 3 heterocycles. The zero-order valence-electron chi connectivity index (χ0n) is 12.5. The minimum Gasteiger partial charge on any atom is -0.381 e. The molecule has 23 heavy (non-hydrogen) atoms. The standard InChI is InChI=1S/C17H16N4O2/c22-16(13-5-8-23-11-13)19-14-4-1-3-12(9-14)15-10-21-7-2-6-18-17(21)20-15/h1-4,6-7,9-10,13H,5,8,11H2,(H,19,22)/t13-/m0/s1. The van der Waals surface area contributed by atoms with Crippen LogP contribution in [0.3, 0.4) is 0 Å². The van der Waals surface area contributed by atoms with Gasteiger partial charge in [-0.3, -0.25) is 9.20 Å². The van der Waals surface area contributed by atoms with E-state index in [0.717, 1.165) is 23.4 Å². The van der Waals surface area contributed by atoms with E-state index in [4.69, 9.17) is 4.74 Å². The topological polar surface area (TPSA) is 68.5 Å². The van der Waals surface area contributed by atoms with Crippen molar-refractivity contribution in [1.29, 1.82) is 0 Å². The monoisotopic (exact) mass is 308 g/mol. The van der Waals surface area contributed by atoms with Crippen LogP contribution in [0.1, 0.15) is 6.42 Å². The SMILES string of the molecule is O=C(Nc1cccc(-c2cn3cccnc3n2)c1)[C@H]1CCOC1. The molecule has 1 saturated heterocycles. The maximum atomic E-state index is 12.2. The second-order valence-corrected chi connectivity index (χ2v) is 5.58. The first-order valence-electron chi connectivity index (χ1n) is 7.58. The van der Waals surface area contributed by atoms with E-state index < -0.39 is 0 Å². The van der Waals surface area contributed by atoms with Crippen LogP contribution in [0.4, 0.5) is 5.69 Å². The number of anilines is 1. The van der Waals surface area contributed by atoms with Crippen molar-refractivity contribution in [3.63, 3.8) is 0 Å². The van der Waals surface area contributed by atoms with Gasteiger partial charge in [0.15, 0.2) is 0 Å². The molecule has 3 aromatic rings. The Kier molecular flexibility index (Phi) is 3.51. The lowest BCUT2D eigenvalue weighted by Gasteiger charge is -2.10. The third kappa shape index (κ3) is 2.80. The molecule has 0 radical (unpaired) electrons. The van der Waals surface area contributed by atoms with E-state index in [-0.39, 0.29) is 11.8 Å². The number of carbonyl (C=O) groups excluding carboxylic acids is 1. The first kappa shape index (κ1) is 13.9. The molecule has 4 rings (SSSR count). The number of benzene rings is 1. The minimum atomic E-state index is -0.0574. The minimum absolute atomic E-state index is 0.0105. The predicted octanol–water partition coefficient (Wildman–Crippen LogP) is 2.37. The summed E-state index contributed by atoms with van der Waals surface area (Å²) in [6, 6.07) is 9.54. The van der Waals surface area contributed by atoms with Crippen LogP contribution in [0.5, 0.6) is 0 Å². The molecule has 6 nitrogen and oxygen atoms in total. The molecule has 0 saturated carbocycles. The average Bonchev–Trinajstić information content (AvgIpc) is 3.24. The van der Waals surface area contributed by atoms with Crippen molar-refractivity contribution < 1.29 is 9.53 Å². The number of carbonyl (C=O) groups is 1. The maximum Gasteiger partial charge on any atom is 0.234 e. The van der Waals surface area contributed by atoms with Crippen molar-refractivity contribution in [2.24, 2.45) is 5.92 Å². The van der Waals surface area contributed by atoms with E-state index in [1.807, 2.05) is 47.1 Å². The van der Waals surface area contributed by atoms with E-state index in [0.29, 0.717) is 19.0 Å². The Morgan fingerprint density at radius 1 is 1.35 bits per heavy atom. The second kappa shape index (κ2) is 5.81. The van der Waals surface area contributed by atoms with E-state index >= 15 is 0 Å². The van der Waals surface area contributed by atoms with E-state index in [1.165, 1.54) is 0 Å². The summed E-state index contributed by atoms with van der Waals surface area (Å²) in [6.45, 7) is 1.16. The van der Waals surface area contributed by atoms with E-state index in [2.05, 4.69) is 15.3 Å². The lowest BCUT2D eigenvalue weighted by Crippen LogP contribution is -2.22. The Bertz CT molecular complexity index is 819. The normalized spacial score (nSPS) is 17.5. The van der Waals surface area contributed by atoms with Gasteiger partial charge in [0.05, 0.1) is 18.2 Å². The summed E-state index contributed by atoms with van der Waals surface area (Å²) >= 11 is 0. The first-order chi connectivity index (χ1) is 11.3. The molecule has 0 aliphatic carbocycles. The van der Waals surface area contributed by atoms with Gasteiger partial charge < -0.3 is 10.1 Å². The van der Waals surface area contributed by atoms with Crippen LogP contribution >= 0.6 is 0 Å². The van der Waals surface area contributed by atoms with Crippen LogP contribution in [0, 0.1) is 5.92 Å². The van der Waals surface area contributed by atoms with Crippen molar-refractivity contribution in [3.8, 4) is 11.3 Å². The van der Waals surface area contributed by atoms with Crippen LogP contribution in [0.25, 0.3) is 17.0 Å². The summed E-state index contributed by atoms with van der Waals surface area (Å²) in [6.07, 6.45) is 6.33. The summed E-state index contributed by atoms with van der Waals surface area (Å²) in [5.74, 6) is 0.606. The molecule has 1 atom stereocenters. The fourth-order valence-corrected chi connectivity index (χ4v) is 2.71. The zero-order valence-corrected chi connectivity index (χ0v) is 12.5. The molecule has 2 aromatic heterocycles. The second-order valence-electron chi connectivity index (χ2n) is 5.58. The number of fused-ring (bicyclic) bond motifs is 1. The molecule has 6 heteroatoms. The van der Waals surface area contributed by atoms with Crippen LogP contribution in [0.2, 0.25) is 0 Å². The Hall–Kier alpha value is -2.73. The summed E-state index contributed by atoms with van der Waals surface area (Å²) in [4.78, 5) is 20.9. The fraction of sp³-hybridized carbons (Fsp3) is 0.235. The van der Waals surface area contributed by atoms with Crippen molar-refractivity contribution in [2.45, 2.75) is 6.42 Å². The van der Waals surface area contributed by atoms with Gasteiger partial charge in [-0.1, -0.05) is 12.1 Å². The molecule has 1 aliphatic heterocycles. The molecule has 0 unspecified atom stereocenters. The number of ether oxygens (including phenoxy) is 1. The Balaban J connectivity index is 1.59. The van der Waals surface area contributed by atoms with Crippen LogP contribution in [-0.4, -0.2) is 33.5 Å². The maximum absolute atomic E-state index is 12.2. The number of rotatable bonds is 3. The lowest BCUT2D eigenvalue weighted by atomic mass is 10.1. The molecular weight excluding hydrogens is 292 g/mol. The number of nitrogens with one attached hydrogen (secondary N) is 1. The highest BCUT2D eigenvalue weighted by Crippen LogP contribution is 2.23. The highest BCUT2D eigenvalue weighted by Gasteiger charge is 2.23. The van der Waals surface area contributed by atoms with Gasteiger partial charge >= 0.3 is 0 Å². The largest absolute Gasteiger partial charge is 0.381 e. The summed E-state index contributed by atoms with van der Waals surface area (Å²) in [5, 5.41) is 2.96. The van der Waals surface area contributed by atoms with Crippen LogP contribution in [-0.2, 0) is 9.53 Å². The molecule has 1 aromatic carbocycles. The van der Waals surface area contributed by atoms with Crippen molar-refractivity contribution in [2.75, 3.05) is 18.5 Å². The van der Waals surface area contributed by atoms with E-state index in [9.17, 15) is 4.79 Å². The number of nitrogens with zero attached hydrogens (tertiary/aromatic N) is 3. The van der Waals surface area contributed by atoms with Crippen molar-refractivity contribution in [1.82, 2.24) is 14.4 Å². The van der Waals surface area contributed by atoms with Gasteiger partial charge in [0.1, 0.15) is 0 Å². The van der Waals surface area contributed by atoms with Gasteiger partial charge in [-0.05, 0) is 24.6 Å². The third-order valence-corrected chi connectivity index (χ3v) is 3.96. The molecule has 0 spiro atoms. The number of hydrogen-bond acceptors (Lipinski definition) is 4. The zero-order chi connectivity index (χ0) is 15.6. The van der Waals surface area contributed by atoms with Crippen LogP contribution in [0.15, 0.2) is 48.9 Å². The van der Waals surface area contributed by atoms with Gasteiger partial charge in [-0.2, -0.15) is 0 Å². The van der Waals surface area contributed by atoms with Crippen molar-refractivity contribution in [3.05, 3.63) is 48.9 Å². The van der Waals surface area contributed by atoms with Crippen LogP contribution < -0.4 is 5.32 Å². The van der Waals surface area contributed by atoms with Gasteiger partial charge in [-0.15, -0.1) is 0 Å². The Morgan fingerprint density at radius 3 is 3.13 bits per heavy atom. The highest BCUT2D eigenvalue weighted by molar-refractivity contribution is 5.93. The first-order valence-corrected chi connectivity index (χ1v) is 7.58. The smallest absolute Gasteiger partial charge is 0.234 e. The molecule has 0 bridgehead atoms. The third-order valence-electron chi connectivity index (χ3n) is 3.96. The summed E-state index contributed by atoms with van der Waals surface area (Å²) < 4.78 is 7.13. The molecule has 116 valence electrons. The quantitative estimate of drug-likeness (QED) is 0.806. The van der Waals surface area contributed by atoms with Crippen molar-refractivity contribution >= 4 is 17.4 Å². The van der Waals surface area contributed by atoms with Gasteiger partial charge in [0.2, 0.25) is 11.7 Å². The summed E-state index contributed by atoms with van der Waals surface area (Å²) in [7, 11) is 0. The number of amides is 1. The fourth-order valence-electron chi connectivity index (χ4n) is 2.71. The van der Waals surface area contributed by atoms with E-state index in [1.54, 1.807) is 6.20 Å². The molecule has 1 fully saturated rings. The molecule has 1 aliphatic rings. The number of hydrogen-bond donors (Lipinski definition) is 1. The Labute approximate surface area is 133 Å². The summed E-state index contributed by atoms with van der Waals surface area (Å²) in [5.41, 5.74) is 2.53. The molecular formula is C17H16N4O2. The highest BCUT2D eigenvalue weighted by atomic mass is 16.5. The average molecular weight is 308 g/mol. The number of aromatic nitrogens is 3. The van der Waals surface area contributed by atoms with Gasteiger partial charge in [-0.25, -0.2) is 9.97 Å². The Morgan fingerprint density at radius 2 is 2.30 bits per heavy atom. The molecule has 1 amide bonds. The lowest BCUT2D eigenvalue weighted by molar-refractivity contribution is -0.119. The molecule has 1 N–H and O–H groups in total. The van der Waals surface area contributed by atoms with Gasteiger partial charge in [0.25, 0.3) is 0 Å². The number of imidazole rings is 1.